The average Bonchev–Trinajstić information content (AvgIpc) is 2.34. The summed E-state index contributed by atoms with van der Waals surface area (Å²) in [6.07, 6.45) is 3.86. The van der Waals surface area contributed by atoms with Gasteiger partial charge in [-0.05, 0) is 36.1 Å². The van der Waals surface area contributed by atoms with Crippen molar-refractivity contribution in [1.82, 2.24) is 5.43 Å². The van der Waals surface area contributed by atoms with Crippen LogP contribution in [0.3, 0.4) is 0 Å². The van der Waals surface area contributed by atoms with Gasteiger partial charge >= 0.3 is 0 Å². The topological polar surface area (TPSA) is 47.3 Å². The molecule has 86 valence electrons. The Morgan fingerprint density at radius 2 is 2.06 bits per heavy atom. The van der Waals surface area contributed by atoms with Crippen molar-refractivity contribution < 1.29 is 4.74 Å². The third kappa shape index (κ3) is 2.55. The summed E-state index contributed by atoms with van der Waals surface area (Å²) in [6.45, 7) is 0.793. The summed E-state index contributed by atoms with van der Waals surface area (Å²) in [4.78, 5) is 0. The van der Waals surface area contributed by atoms with Crippen LogP contribution in [0.15, 0.2) is 36.1 Å². The standard InChI is InChI=1S/C12H15ClN2O/c13-11-5-3-9(4-6-11)12(15-14)10-2-1-7-16-8-10/h3-6,8,12,15H,1-2,7,14H2. The van der Waals surface area contributed by atoms with Gasteiger partial charge < -0.3 is 4.74 Å². The van der Waals surface area contributed by atoms with E-state index >= 15 is 0 Å². The number of nitrogens with one attached hydrogen (secondary N) is 1. The minimum Gasteiger partial charge on any atom is -0.501 e. The molecule has 0 bridgehead atoms. The van der Waals surface area contributed by atoms with Gasteiger partial charge in [0.1, 0.15) is 0 Å². The highest BCUT2D eigenvalue weighted by Gasteiger charge is 2.17. The van der Waals surface area contributed by atoms with Crippen LogP contribution in [-0.4, -0.2) is 6.61 Å². The highest BCUT2D eigenvalue weighted by molar-refractivity contribution is 6.30. The highest BCUT2D eigenvalue weighted by Crippen LogP contribution is 2.27. The first-order valence-corrected chi connectivity index (χ1v) is 5.71. The van der Waals surface area contributed by atoms with Crippen molar-refractivity contribution in [2.45, 2.75) is 18.9 Å². The van der Waals surface area contributed by atoms with Gasteiger partial charge in [0.2, 0.25) is 0 Å². The number of hydrogen-bond donors (Lipinski definition) is 2. The quantitative estimate of drug-likeness (QED) is 0.629. The van der Waals surface area contributed by atoms with Crippen molar-refractivity contribution in [3.05, 3.63) is 46.7 Å². The van der Waals surface area contributed by atoms with Crippen molar-refractivity contribution in [2.24, 2.45) is 5.84 Å². The molecule has 1 heterocycles. The third-order valence-electron chi connectivity index (χ3n) is 2.70. The van der Waals surface area contributed by atoms with Gasteiger partial charge in [0, 0.05) is 5.02 Å². The molecule has 1 unspecified atom stereocenters. The van der Waals surface area contributed by atoms with Crippen molar-refractivity contribution in [2.75, 3.05) is 6.61 Å². The molecule has 3 N–H and O–H groups in total. The zero-order chi connectivity index (χ0) is 11.4. The minimum atomic E-state index is 0.0116. The Kier molecular flexibility index (Phi) is 3.83. The van der Waals surface area contributed by atoms with Gasteiger partial charge in [-0.15, -0.1) is 0 Å². The summed E-state index contributed by atoms with van der Waals surface area (Å²) in [5.41, 5.74) is 5.09. The highest BCUT2D eigenvalue weighted by atomic mass is 35.5. The van der Waals surface area contributed by atoms with E-state index < -0.39 is 0 Å². The van der Waals surface area contributed by atoms with Gasteiger partial charge in [-0.25, -0.2) is 5.43 Å². The Morgan fingerprint density at radius 3 is 2.62 bits per heavy atom. The second-order valence-corrected chi connectivity index (χ2v) is 4.25. The van der Waals surface area contributed by atoms with E-state index in [4.69, 9.17) is 22.2 Å². The smallest absolute Gasteiger partial charge is 0.0876 e. The molecular weight excluding hydrogens is 224 g/mol. The fraction of sp³-hybridized carbons (Fsp3) is 0.333. The first-order chi connectivity index (χ1) is 7.81. The molecule has 0 saturated heterocycles. The van der Waals surface area contributed by atoms with Crippen LogP contribution in [0.25, 0.3) is 0 Å². The minimum absolute atomic E-state index is 0.0116. The fourth-order valence-electron chi connectivity index (χ4n) is 1.87. The fourth-order valence-corrected chi connectivity index (χ4v) is 2.00. The molecule has 1 aliphatic rings. The SMILES string of the molecule is NNC(C1=COCCC1)c1ccc(Cl)cc1. The predicted octanol–water partition coefficient (Wildman–Crippen LogP) is 2.54. The summed E-state index contributed by atoms with van der Waals surface area (Å²) in [7, 11) is 0. The van der Waals surface area contributed by atoms with Gasteiger partial charge in [-0.3, -0.25) is 5.84 Å². The van der Waals surface area contributed by atoms with Crippen LogP contribution in [0.4, 0.5) is 0 Å². The van der Waals surface area contributed by atoms with E-state index in [9.17, 15) is 0 Å². The van der Waals surface area contributed by atoms with Crippen LogP contribution in [0.1, 0.15) is 24.4 Å². The Morgan fingerprint density at radius 1 is 1.31 bits per heavy atom. The molecule has 0 saturated carbocycles. The molecule has 0 fully saturated rings. The Hall–Kier alpha value is -1.03. The van der Waals surface area contributed by atoms with E-state index in [-0.39, 0.29) is 6.04 Å². The predicted molar refractivity (Wildman–Crippen MR) is 64.8 cm³/mol. The van der Waals surface area contributed by atoms with Gasteiger partial charge in [0.05, 0.1) is 18.9 Å². The molecule has 0 aromatic heterocycles. The van der Waals surface area contributed by atoms with Crippen molar-refractivity contribution in [3.63, 3.8) is 0 Å². The first kappa shape index (κ1) is 11.5. The van der Waals surface area contributed by atoms with Gasteiger partial charge in [-0.1, -0.05) is 23.7 Å². The van der Waals surface area contributed by atoms with Crippen molar-refractivity contribution >= 4 is 11.6 Å². The molecule has 0 aliphatic carbocycles. The number of halogens is 1. The third-order valence-corrected chi connectivity index (χ3v) is 2.96. The Labute approximate surface area is 100 Å². The maximum atomic E-state index is 5.85. The van der Waals surface area contributed by atoms with Crippen molar-refractivity contribution in [3.8, 4) is 0 Å². The van der Waals surface area contributed by atoms with Crippen LogP contribution in [-0.2, 0) is 4.74 Å². The van der Waals surface area contributed by atoms with E-state index in [1.54, 1.807) is 0 Å². The maximum Gasteiger partial charge on any atom is 0.0876 e. The normalized spacial score (nSPS) is 17.5. The summed E-state index contributed by atoms with van der Waals surface area (Å²) in [6, 6.07) is 7.69. The van der Waals surface area contributed by atoms with Crippen LogP contribution in [0.5, 0.6) is 0 Å². The van der Waals surface area contributed by atoms with E-state index in [2.05, 4.69) is 5.43 Å². The molecule has 4 heteroatoms. The second kappa shape index (κ2) is 5.34. The van der Waals surface area contributed by atoms with Crippen LogP contribution < -0.4 is 11.3 Å². The largest absolute Gasteiger partial charge is 0.501 e. The first-order valence-electron chi connectivity index (χ1n) is 5.33. The van der Waals surface area contributed by atoms with E-state index in [0.29, 0.717) is 0 Å². The lowest BCUT2D eigenvalue weighted by molar-refractivity contribution is 0.219. The molecule has 0 spiro atoms. The van der Waals surface area contributed by atoms with E-state index in [1.165, 1.54) is 5.57 Å². The lowest BCUT2D eigenvalue weighted by Gasteiger charge is -2.22. The number of ether oxygens (including phenoxy) is 1. The van der Waals surface area contributed by atoms with Crippen molar-refractivity contribution in [1.29, 1.82) is 0 Å². The van der Waals surface area contributed by atoms with Gasteiger partial charge in [-0.2, -0.15) is 0 Å². The maximum absolute atomic E-state index is 5.85. The Balaban J connectivity index is 2.21. The van der Waals surface area contributed by atoms with Crippen LogP contribution in [0, 0.1) is 0 Å². The summed E-state index contributed by atoms with van der Waals surface area (Å²) >= 11 is 5.85. The molecular formula is C12H15ClN2O. The molecule has 1 aromatic rings. The van der Waals surface area contributed by atoms with Crippen LogP contribution >= 0.6 is 11.6 Å². The molecule has 0 amide bonds. The summed E-state index contributed by atoms with van der Waals surface area (Å²) in [5, 5.41) is 0.730. The molecule has 16 heavy (non-hydrogen) atoms. The molecule has 1 aromatic carbocycles. The Bertz CT molecular complexity index is 375. The van der Waals surface area contributed by atoms with E-state index in [1.807, 2.05) is 30.5 Å². The summed E-state index contributed by atoms with van der Waals surface area (Å²) in [5.74, 6) is 5.59. The summed E-state index contributed by atoms with van der Waals surface area (Å²) < 4.78 is 5.33. The molecule has 1 atom stereocenters. The monoisotopic (exact) mass is 238 g/mol. The van der Waals surface area contributed by atoms with E-state index in [0.717, 1.165) is 30.0 Å². The lowest BCUT2D eigenvalue weighted by Crippen LogP contribution is -2.30. The number of nitrogens with two attached hydrogens (primary N) is 1. The zero-order valence-electron chi connectivity index (χ0n) is 8.95. The second-order valence-electron chi connectivity index (χ2n) is 3.82. The van der Waals surface area contributed by atoms with Gasteiger partial charge in [0.25, 0.3) is 0 Å². The molecule has 0 radical (unpaired) electrons. The van der Waals surface area contributed by atoms with Gasteiger partial charge in [0.15, 0.2) is 0 Å². The molecule has 2 rings (SSSR count). The zero-order valence-corrected chi connectivity index (χ0v) is 9.70. The number of rotatable bonds is 3. The lowest BCUT2D eigenvalue weighted by atomic mass is 9.96. The number of hydrazine groups is 1. The average molecular weight is 239 g/mol. The molecule has 3 nitrogen and oxygen atoms in total. The number of benzene rings is 1. The van der Waals surface area contributed by atoms with Crippen LogP contribution in [0.2, 0.25) is 5.02 Å². The molecule has 1 aliphatic heterocycles. The number of hydrogen-bond acceptors (Lipinski definition) is 3.